The summed E-state index contributed by atoms with van der Waals surface area (Å²) in [6.07, 6.45) is 0.784. The molecule has 4 nitrogen and oxygen atoms in total. The van der Waals surface area contributed by atoms with Gasteiger partial charge >= 0.3 is 0 Å². The first-order chi connectivity index (χ1) is 7.19. The van der Waals surface area contributed by atoms with E-state index in [0.717, 1.165) is 19.5 Å². The molecule has 0 aliphatic carbocycles. The number of hydrogen-bond acceptors (Lipinski definition) is 4. The molecule has 1 aliphatic rings. The van der Waals surface area contributed by atoms with Gasteiger partial charge in [-0.2, -0.15) is 0 Å². The summed E-state index contributed by atoms with van der Waals surface area (Å²) in [5.41, 5.74) is -0.236. The lowest BCUT2D eigenvalue weighted by Gasteiger charge is -2.35. The van der Waals surface area contributed by atoms with Gasteiger partial charge in [-0.3, -0.25) is 4.79 Å². The van der Waals surface area contributed by atoms with Gasteiger partial charge in [-0.25, -0.2) is 0 Å². The van der Waals surface area contributed by atoms with E-state index in [4.69, 9.17) is 0 Å². The quantitative estimate of drug-likeness (QED) is 0.668. The second-order valence-electron chi connectivity index (χ2n) is 5.80. The van der Waals surface area contributed by atoms with Crippen LogP contribution in [0, 0.1) is 5.41 Å². The van der Waals surface area contributed by atoms with Crippen LogP contribution in [0.25, 0.3) is 0 Å². The lowest BCUT2D eigenvalue weighted by atomic mass is 9.82. The number of ether oxygens (including phenoxy) is 1. The average Bonchev–Trinajstić information content (AvgIpc) is 2.09. The van der Waals surface area contributed by atoms with E-state index in [1.54, 1.807) is 0 Å². The Labute approximate surface area is 98.4 Å². The van der Waals surface area contributed by atoms with Crippen molar-refractivity contribution in [1.82, 2.24) is 5.32 Å². The van der Waals surface area contributed by atoms with Gasteiger partial charge in [0.1, 0.15) is 5.60 Å². The summed E-state index contributed by atoms with van der Waals surface area (Å²) >= 11 is 0. The standard InChI is InChI=1S/C7H15NO.C5H10O2/c1-7(2)5-8-4-3-6(7)9;1-5(2,3)7-4-6/h6,8-9H,3-5H2,1-2H3;4H,1-3H3. The number of aliphatic hydroxyl groups excluding tert-OH is 1. The summed E-state index contributed by atoms with van der Waals surface area (Å²) < 4.78 is 4.55. The van der Waals surface area contributed by atoms with Crippen LogP contribution in [-0.2, 0) is 9.53 Å². The van der Waals surface area contributed by atoms with Gasteiger partial charge in [-0.1, -0.05) is 13.8 Å². The average molecular weight is 231 g/mol. The molecule has 1 atom stereocenters. The number of hydrogen-bond donors (Lipinski definition) is 2. The van der Waals surface area contributed by atoms with Crippen molar-refractivity contribution in [2.24, 2.45) is 5.41 Å². The number of carbonyl (C=O) groups excluding carboxylic acids is 1. The van der Waals surface area contributed by atoms with Crippen molar-refractivity contribution in [3.63, 3.8) is 0 Å². The molecule has 0 amide bonds. The number of carbonyl (C=O) groups is 1. The van der Waals surface area contributed by atoms with Crippen molar-refractivity contribution in [2.75, 3.05) is 13.1 Å². The summed E-state index contributed by atoms with van der Waals surface area (Å²) in [6.45, 7) is 12.0. The minimum absolute atomic E-state index is 0.0816. The van der Waals surface area contributed by atoms with Crippen LogP contribution in [0.15, 0.2) is 0 Å². The number of piperidine rings is 1. The molecule has 1 fully saturated rings. The van der Waals surface area contributed by atoms with E-state index in [1.807, 2.05) is 20.8 Å². The topological polar surface area (TPSA) is 58.6 Å². The molecule has 0 spiro atoms. The second-order valence-corrected chi connectivity index (χ2v) is 5.80. The lowest BCUT2D eigenvalue weighted by molar-refractivity contribution is -0.138. The zero-order valence-corrected chi connectivity index (χ0v) is 11.0. The molecule has 0 radical (unpaired) electrons. The smallest absolute Gasteiger partial charge is 0.293 e. The van der Waals surface area contributed by atoms with E-state index in [1.165, 1.54) is 0 Å². The van der Waals surface area contributed by atoms with Crippen molar-refractivity contribution in [1.29, 1.82) is 0 Å². The largest absolute Gasteiger partial charge is 0.462 e. The Morgan fingerprint density at radius 2 is 2.00 bits per heavy atom. The predicted molar refractivity (Wildman–Crippen MR) is 64.2 cm³/mol. The van der Waals surface area contributed by atoms with Gasteiger partial charge in [-0.05, 0) is 33.7 Å². The van der Waals surface area contributed by atoms with E-state index in [-0.39, 0.29) is 17.1 Å². The molecular formula is C12H25NO3. The van der Waals surface area contributed by atoms with Crippen LogP contribution in [-0.4, -0.2) is 36.4 Å². The van der Waals surface area contributed by atoms with Crippen molar-refractivity contribution >= 4 is 6.47 Å². The Morgan fingerprint density at radius 1 is 1.44 bits per heavy atom. The molecule has 2 N–H and O–H groups in total. The van der Waals surface area contributed by atoms with Crippen molar-refractivity contribution in [3.05, 3.63) is 0 Å². The van der Waals surface area contributed by atoms with Crippen LogP contribution < -0.4 is 5.32 Å². The van der Waals surface area contributed by atoms with Crippen LogP contribution in [0.2, 0.25) is 0 Å². The molecule has 0 aromatic rings. The molecule has 1 heterocycles. The maximum atomic E-state index is 9.60. The maximum Gasteiger partial charge on any atom is 0.293 e. The van der Waals surface area contributed by atoms with Crippen LogP contribution >= 0.6 is 0 Å². The van der Waals surface area contributed by atoms with Gasteiger partial charge in [0.25, 0.3) is 6.47 Å². The Hall–Kier alpha value is -0.610. The highest BCUT2D eigenvalue weighted by Crippen LogP contribution is 2.24. The fourth-order valence-electron chi connectivity index (χ4n) is 1.30. The minimum atomic E-state index is -0.318. The van der Waals surface area contributed by atoms with Gasteiger partial charge in [0.05, 0.1) is 6.10 Å². The van der Waals surface area contributed by atoms with E-state index >= 15 is 0 Å². The molecule has 96 valence electrons. The van der Waals surface area contributed by atoms with E-state index in [9.17, 15) is 9.90 Å². The zero-order valence-electron chi connectivity index (χ0n) is 11.0. The molecule has 1 rings (SSSR count). The van der Waals surface area contributed by atoms with Gasteiger partial charge in [0, 0.05) is 12.0 Å². The molecule has 1 unspecified atom stereocenters. The van der Waals surface area contributed by atoms with Crippen molar-refractivity contribution in [3.8, 4) is 0 Å². The SMILES string of the molecule is CC(C)(C)OC=O.CC1(C)CNCCC1O. The summed E-state index contributed by atoms with van der Waals surface area (Å²) in [4.78, 5) is 9.60. The van der Waals surface area contributed by atoms with Crippen LogP contribution in [0.5, 0.6) is 0 Å². The first-order valence-electron chi connectivity index (χ1n) is 5.69. The Balaban J connectivity index is 0.000000293. The fraction of sp³-hybridized carbons (Fsp3) is 0.917. The molecule has 0 saturated carbocycles. The zero-order chi connectivity index (χ0) is 12.8. The molecule has 4 heteroatoms. The molecule has 1 aliphatic heterocycles. The second kappa shape index (κ2) is 6.21. The minimum Gasteiger partial charge on any atom is -0.462 e. The van der Waals surface area contributed by atoms with E-state index < -0.39 is 0 Å². The summed E-state index contributed by atoms with van der Waals surface area (Å²) in [6, 6.07) is 0. The number of rotatable bonds is 1. The van der Waals surface area contributed by atoms with Crippen LogP contribution in [0.4, 0.5) is 0 Å². The molecule has 16 heavy (non-hydrogen) atoms. The van der Waals surface area contributed by atoms with Gasteiger partial charge in [0.2, 0.25) is 0 Å². The van der Waals surface area contributed by atoms with Crippen LogP contribution in [0.3, 0.4) is 0 Å². The third kappa shape index (κ3) is 6.80. The van der Waals surface area contributed by atoms with Gasteiger partial charge < -0.3 is 15.2 Å². The predicted octanol–water partition coefficient (Wildman–Crippen LogP) is 1.32. The van der Waals surface area contributed by atoms with Crippen molar-refractivity contribution in [2.45, 2.75) is 52.7 Å². The molecule has 0 aromatic carbocycles. The molecule has 0 bridgehead atoms. The summed E-state index contributed by atoms with van der Waals surface area (Å²) in [5.74, 6) is 0. The highest BCUT2D eigenvalue weighted by molar-refractivity contribution is 5.37. The first-order valence-corrected chi connectivity index (χ1v) is 5.69. The van der Waals surface area contributed by atoms with Crippen molar-refractivity contribution < 1.29 is 14.6 Å². The lowest BCUT2D eigenvalue weighted by Crippen LogP contribution is -2.45. The maximum absolute atomic E-state index is 9.60. The highest BCUT2D eigenvalue weighted by Gasteiger charge is 2.29. The summed E-state index contributed by atoms with van der Waals surface area (Å²) in [7, 11) is 0. The first kappa shape index (κ1) is 15.4. The fourth-order valence-corrected chi connectivity index (χ4v) is 1.30. The summed E-state index contributed by atoms with van der Waals surface area (Å²) in [5, 5.41) is 12.6. The number of nitrogens with one attached hydrogen (secondary N) is 1. The van der Waals surface area contributed by atoms with E-state index in [0.29, 0.717) is 6.47 Å². The van der Waals surface area contributed by atoms with E-state index in [2.05, 4.69) is 23.9 Å². The Bertz CT molecular complexity index is 209. The number of aliphatic hydroxyl groups is 1. The molecule has 0 aromatic heterocycles. The third-order valence-electron chi connectivity index (χ3n) is 2.48. The van der Waals surface area contributed by atoms with Gasteiger partial charge in [-0.15, -0.1) is 0 Å². The Morgan fingerprint density at radius 3 is 2.19 bits per heavy atom. The normalized spacial score (nSPS) is 24.0. The molecular weight excluding hydrogens is 206 g/mol. The monoisotopic (exact) mass is 231 g/mol. The van der Waals surface area contributed by atoms with Crippen LogP contribution in [0.1, 0.15) is 41.0 Å². The Kier molecular flexibility index (Phi) is 5.97. The van der Waals surface area contributed by atoms with Gasteiger partial charge in [0.15, 0.2) is 0 Å². The highest BCUT2D eigenvalue weighted by atomic mass is 16.5. The molecule has 1 saturated heterocycles. The third-order valence-corrected chi connectivity index (χ3v) is 2.48.